The number of morpholine rings is 1. The quantitative estimate of drug-likeness (QED) is 0.782. The summed E-state index contributed by atoms with van der Waals surface area (Å²) >= 11 is 0. The van der Waals surface area contributed by atoms with Gasteiger partial charge in [-0.3, -0.25) is 9.59 Å². The highest BCUT2D eigenvalue weighted by Crippen LogP contribution is 2.20. The van der Waals surface area contributed by atoms with Crippen LogP contribution in [0.2, 0.25) is 0 Å². The van der Waals surface area contributed by atoms with Crippen molar-refractivity contribution in [2.75, 3.05) is 26.3 Å². The zero-order valence-corrected chi connectivity index (χ0v) is 11.8. The monoisotopic (exact) mass is 295 g/mol. The third kappa shape index (κ3) is 2.54. The molecule has 0 aliphatic carbocycles. The number of rotatable bonds is 2. The van der Waals surface area contributed by atoms with Crippen molar-refractivity contribution in [3.63, 3.8) is 0 Å². The fraction of sp³-hybridized carbons (Fsp3) is 0.250. The average Bonchev–Trinajstić information content (AvgIpc) is 2.60. The lowest BCUT2D eigenvalue weighted by atomic mass is 10.0. The number of aromatic nitrogens is 1. The van der Waals surface area contributed by atoms with Gasteiger partial charge in [0.05, 0.1) is 30.4 Å². The molecule has 6 nitrogen and oxygen atoms in total. The number of fused-ring (bicyclic) bond motifs is 1. The van der Waals surface area contributed by atoms with Crippen LogP contribution in [0.5, 0.6) is 0 Å². The lowest BCUT2D eigenvalue weighted by Gasteiger charge is -2.26. The zero-order valence-electron chi connectivity index (χ0n) is 11.8. The molecule has 3 rings (SSSR count). The molecule has 0 saturated carbocycles. The van der Waals surface area contributed by atoms with Gasteiger partial charge < -0.3 is 9.64 Å². The van der Waals surface area contributed by atoms with Crippen molar-refractivity contribution in [1.82, 2.24) is 9.88 Å². The molecule has 0 unspecified atom stereocenters. The van der Waals surface area contributed by atoms with Crippen molar-refractivity contribution in [3.8, 4) is 6.07 Å². The Hall–Kier alpha value is -2.78. The minimum Gasteiger partial charge on any atom is -0.378 e. The molecule has 0 N–H and O–H groups in total. The summed E-state index contributed by atoms with van der Waals surface area (Å²) in [5, 5.41) is 9.80. The van der Waals surface area contributed by atoms with Crippen LogP contribution in [0.4, 0.5) is 0 Å². The third-order valence-corrected chi connectivity index (χ3v) is 3.61. The Morgan fingerprint density at radius 1 is 1.32 bits per heavy atom. The average molecular weight is 295 g/mol. The second kappa shape index (κ2) is 5.92. The topological polar surface area (TPSA) is 83.3 Å². The Bertz CT molecular complexity index is 789. The second-order valence-corrected chi connectivity index (χ2v) is 4.96. The van der Waals surface area contributed by atoms with Crippen LogP contribution in [0.1, 0.15) is 26.4 Å². The Morgan fingerprint density at radius 3 is 2.77 bits per heavy atom. The molecule has 6 heteroatoms. The smallest absolute Gasteiger partial charge is 0.254 e. The van der Waals surface area contributed by atoms with Gasteiger partial charge in [-0.1, -0.05) is 0 Å². The molecule has 0 spiro atoms. The molecule has 1 aliphatic rings. The van der Waals surface area contributed by atoms with Gasteiger partial charge in [-0.2, -0.15) is 5.26 Å². The molecule has 0 bridgehead atoms. The lowest BCUT2D eigenvalue weighted by Crippen LogP contribution is -2.40. The van der Waals surface area contributed by atoms with E-state index in [9.17, 15) is 14.9 Å². The van der Waals surface area contributed by atoms with Crippen molar-refractivity contribution in [2.24, 2.45) is 0 Å². The van der Waals surface area contributed by atoms with Crippen molar-refractivity contribution in [1.29, 1.82) is 5.26 Å². The van der Waals surface area contributed by atoms with Crippen LogP contribution < -0.4 is 0 Å². The molecular weight excluding hydrogens is 282 g/mol. The third-order valence-electron chi connectivity index (χ3n) is 3.61. The predicted molar refractivity (Wildman–Crippen MR) is 78.6 cm³/mol. The maximum atomic E-state index is 12.5. The molecule has 1 aromatic carbocycles. The lowest BCUT2D eigenvalue weighted by molar-refractivity contribution is 0.0303. The van der Waals surface area contributed by atoms with Crippen molar-refractivity contribution in [2.45, 2.75) is 0 Å². The molecular formula is C16H13N3O3. The highest BCUT2D eigenvalue weighted by Gasteiger charge is 2.19. The Morgan fingerprint density at radius 2 is 2.09 bits per heavy atom. The van der Waals surface area contributed by atoms with Gasteiger partial charge in [0.1, 0.15) is 5.69 Å². The summed E-state index contributed by atoms with van der Waals surface area (Å²) in [4.78, 5) is 29.2. The molecule has 1 saturated heterocycles. The fourth-order valence-corrected chi connectivity index (χ4v) is 2.48. The number of pyridine rings is 1. The highest BCUT2D eigenvalue weighted by molar-refractivity contribution is 5.99. The minimum absolute atomic E-state index is 0.0893. The van der Waals surface area contributed by atoms with Gasteiger partial charge in [-0.25, -0.2) is 4.98 Å². The molecule has 1 aliphatic heterocycles. The molecule has 2 aromatic rings. The van der Waals surface area contributed by atoms with E-state index in [1.54, 1.807) is 23.1 Å². The largest absolute Gasteiger partial charge is 0.378 e. The van der Waals surface area contributed by atoms with Gasteiger partial charge in [0.2, 0.25) is 0 Å². The van der Waals surface area contributed by atoms with E-state index < -0.39 is 0 Å². The Labute approximate surface area is 126 Å². The molecule has 1 fully saturated rings. The molecule has 1 amide bonds. The first kappa shape index (κ1) is 14.2. The van der Waals surface area contributed by atoms with Gasteiger partial charge in [0.15, 0.2) is 6.29 Å². The zero-order chi connectivity index (χ0) is 15.5. The minimum atomic E-state index is -0.0893. The van der Waals surface area contributed by atoms with E-state index in [2.05, 4.69) is 4.98 Å². The number of carbonyl (C=O) groups excluding carboxylic acids is 2. The van der Waals surface area contributed by atoms with E-state index in [0.29, 0.717) is 54.6 Å². The van der Waals surface area contributed by atoms with E-state index >= 15 is 0 Å². The predicted octanol–water partition coefficient (Wildman–Crippen LogP) is 1.39. The molecule has 22 heavy (non-hydrogen) atoms. The Kier molecular flexibility index (Phi) is 3.81. The van der Waals surface area contributed by atoms with Gasteiger partial charge in [-0.15, -0.1) is 0 Å². The first-order valence-corrected chi connectivity index (χ1v) is 6.90. The summed E-state index contributed by atoms with van der Waals surface area (Å²) in [6, 6.07) is 8.47. The number of hydrogen-bond donors (Lipinski definition) is 0. The van der Waals surface area contributed by atoms with Crippen LogP contribution in [0.25, 0.3) is 10.9 Å². The normalized spacial score (nSPS) is 14.6. The number of nitriles is 1. The van der Waals surface area contributed by atoms with Crippen LogP contribution in [0.3, 0.4) is 0 Å². The van der Waals surface area contributed by atoms with Crippen LogP contribution in [-0.4, -0.2) is 48.4 Å². The SMILES string of the molecule is N#Cc1cc(C=O)nc2ccc(C(=O)N3CCOCC3)cc12. The number of benzene rings is 1. The van der Waals surface area contributed by atoms with Gasteiger partial charge >= 0.3 is 0 Å². The summed E-state index contributed by atoms with van der Waals surface area (Å²) < 4.78 is 5.24. The molecule has 0 radical (unpaired) electrons. The van der Waals surface area contributed by atoms with E-state index in [4.69, 9.17) is 4.74 Å². The van der Waals surface area contributed by atoms with E-state index in [0.717, 1.165) is 0 Å². The number of ether oxygens (including phenoxy) is 1. The van der Waals surface area contributed by atoms with Crippen LogP contribution >= 0.6 is 0 Å². The summed E-state index contributed by atoms with van der Waals surface area (Å²) in [6.45, 7) is 2.19. The standard InChI is InChI=1S/C16H13N3O3/c17-9-12-7-13(10-20)18-15-2-1-11(8-14(12)15)16(21)19-3-5-22-6-4-19/h1-2,7-8,10H,3-6H2. The molecule has 1 aromatic heterocycles. The maximum Gasteiger partial charge on any atom is 0.254 e. The fourth-order valence-electron chi connectivity index (χ4n) is 2.48. The maximum absolute atomic E-state index is 12.5. The van der Waals surface area contributed by atoms with E-state index in [1.807, 2.05) is 6.07 Å². The summed E-state index contributed by atoms with van der Waals surface area (Å²) in [5.74, 6) is -0.0893. The van der Waals surface area contributed by atoms with E-state index in [-0.39, 0.29) is 11.6 Å². The first-order valence-electron chi connectivity index (χ1n) is 6.90. The molecule has 2 heterocycles. The number of aldehydes is 1. The molecule has 110 valence electrons. The summed E-state index contributed by atoms with van der Waals surface area (Å²) in [6.07, 6.45) is 0.604. The summed E-state index contributed by atoms with van der Waals surface area (Å²) in [7, 11) is 0. The van der Waals surface area contributed by atoms with Gasteiger partial charge in [0, 0.05) is 24.0 Å². The van der Waals surface area contributed by atoms with Crippen molar-refractivity contribution < 1.29 is 14.3 Å². The van der Waals surface area contributed by atoms with E-state index in [1.165, 1.54) is 6.07 Å². The number of amides is 1. The summed E-state index contributed by atoms with van der Waals surface area (Å²) in [5.41, 5.74) is 1.58. The number of hydrogen-bond acceptors (Lipinski definition) is 5. The first-order chi connectivity index (χ1) is 10.7. The van der Waals surface area contributed by atoms with Crippen molar-refractivity contribution >= 4 is 23.1 Å². The van der Waals surface area contributed by atoms with Crippen molar-refractivity contribution in [3.05, 3.63) is 41.1 Å². The van der Waals surface area contributed by atoms with Crippen LogP contribution in [0, 0.1) is 11.3 Å². The number of carbonyl (C=O) groups is 2. The number of nitrogens with zero attached hydrogens (tertiary/aromatic N) is 3. The second-order valence-electron chi connectivity index (χ2n) is 4.96. The van der Waals surface area contributed by atoms with Crippen LogP contribution in [-0.2, 0) is 4.74 Å². The Balaban J connectivity index is 2.04. The highest BCUT2D eigenvalue weighted by atomic mass is 16.5. The van der Waals surface area contributed by atoms with Gasteiger partial charge in [-0.05, 0) is 24.3 Å². The molecule has 0 atom stereocenters. The van der Waals surface area contributed by atoms with Gasteiger partial charge in [0.25, 0.3) is 5.91 Å². The van der Waals surface area contributed by atoms with Crippen LogP contribution in [0.15, 0.2) is 24.3 Å².